The number of nitrogens with zero attached hydrogens (tertiary/aromatic N) is 1. The number of hydrogen-bond donors (Lipinski definition) is 1. The molecule has 0 saturated carbocycles. The topological polar surface area (TPSA) is 15.3 Å². The molecular weight excluding hydrogens is 303 g/mol. The van der Waals surface area contributed by atoms with Crippen molar-refractivity contribution in [1.29, 1.82) is 0 Å². The Balaban J connectivity index is 1.98. The fraction of sp³-hybridized carbons (Fsp3) is 0.647. The average Bonchev–Trinajstić information content (AvgIpc) is 2.69. The van der Waals surface area contributed by atoms with Crippen LogP contribution in [0.2, 0.25) is 10.0 Å². The third-order valence-electron chi connectivity index (χ3n) is 4.74. The Morgan fingerprint density at radius 1 is 1.24 bits per heavy atom. The summed E-state index contributed by atoms with van der Waals surface area (Å²) in [4.78, 5) is 2.58. The Hall–Kier alpha value is -0.280. The molecule has 1 saturated heterocycles. The molecule has 0 aliphatic carbocycles. The second-order valence-corrected chi connectivity index (χ2v) is 6.87. The van der Waals surface area contributed by atoms with E-state index in [2.05, 4.69) is 24.1 Å². The zero-order valence-electron chi connectivity index (χ0n) is 13.1. The molecule has 1 aliphatic rings. The molecule has 4 heteroatoms. The molecule has 0 unspecified atom stereocenters. The van der Waals surface area contributed by atoms with E-state index in [1.165, 1.54) is 31.4 Å². The molecule has 1 fully saturated rings. The van der Waals surface area contributed by atoms with Crippen molar-refractivity contribution in [3.05, 3.63) is 33.8 Å². The fourth-order valence-electron chi connectivity index (χ4n) is 3.14. The van der Waals surface area contributed by atoms with E-state index >= 15 is 0 Å². The Kier molecular flexibility index (Phi) is 6.36. The zero-order chi connectivity index (χ0) is 15.3. The molecule has 1 aromatic carbocycles. The van der Waals surface area contributed by atoms with Gasteiger partial charge in [-0.1, -0.05) is 43.1 Å². The van der Waals surface area contributed by atoms with E-state index in [1.807, 2.05) is 18.2 Å². The highest BCUT2D eigenvalue weighted by Crippen LogP contribution is 2.23. The quantitative estimate of drug-likeness (QED) is 0.862. The number of rotatable bonds is 5. The van der Waals surface area contributed by atoms with E-state index in [1.54, 1.807) is 0 Å². The van der Waals surface area contributed by atoms with Crippen LogP contribution in [0.5, 0.6) is 0 Å². The summed E-state index contributed by atoms with van der Waals surface area (Å²) in [5.41, 5.74) is 1.47. The third kappa shape index (κ3) is 4.59. The number of halogens is 2. The molecule has 0 atom stereocenters. The van der Waals surface area contributed by atoms with Gasteiger partial charge >= 0.3 is 0 Å². The lowest BCUT2D eigenvalue weighted by molar-refractivity contribution is 0.199. The van der Waals surface area contributed by atoms with Gasteiger partial charge in [-0.3, -0.25) is 0 Å². The van der Waals surface area contributed by atoms with Gasteiger partial charge < -0.3 is 10.2 Å². The molecule has 0 spiro atoms. The van der Waals surface area contributed by atoms with Crippen molar-refractivity contribution in [2.45, 2.75) is 45.1 Å². The second-order valence-electron chi connectivity index (χ2n) is 6.03. The number of nitrogens with one attached hydrogen (secondary N) is 1. The van der Waals surface area contributed by atoms with Crippen LogP contribution in [0, 0.1) is 0 Å². The largest absolute Gasteiger partial charge is 0.310 e. The van der Waals surface area contributed by atoms with Gasteiger partial charge in [0.05, 0.1) is 0 Å². The van der Waals surface area contributed by atoms with Gasteiger partial charge in [-0.05, 0) is 56.5 Å². The van der Waals surface area contributed by atoms with Gasteiger partial charge in [-0.15, -0.1) is 0 Å². The minimum Gasteiger partial charge on any atom is -0.310 e. The van der Waals surface area contributed by atoms with Crippen LogP contribution >= 0.6 is 23.2 Å². The zero-order valence-corrected chi connectivity index (χ0v) is 14.6. The molecular formula is C17H26Cl2N2. The van der Waals surface area contributed by atoms with Gasteiger partial charge in [0.15, 0.2) is 0 Å². The lowest BCUT2D eigenvalue weighted by Crippen LogP contribution is -2.50. The van der Waals surface area contributed by atoms with E-state index in [0.717, 1.165) is 31.1 Å². The molecule has 21 heavy (non-hydrogen) atoms. The van der Waals surface area contributed by atoms with Gasteiger partial charge in [0.25, 0.3) is 0 Å². The first-order valence-electron chi connectivity index (χ1n) is 8.00. The van der Waals surface area contributed by atoms with Gasteiger partial charge in [0.2, 0.25) is 0 Å². The Morgan fingerprint density at radius 3 is 2.67 bits per heavy atom. The molecule has 0 aromatic heterocycles. The first kappa shape index (κ1) is 17.1. The van der Waals surface area contributed by atoms with Crippen LogP contribution in [0.1, 0.15) is 38.7 Å². The van der Waals surface area contributed by atoms with Gasteiger partial charge in [-0.2, -0.15) is 0 Å². The highest BCUT2D eigenvalue weighted by atomic mass is 35.5. The van der Waals surface area contributed by atoms with Crippen LogP contribution in [0.4, 0.5) is 0 Å². The van der Waals surface area contributed by atoms with Gasteiger partial charge in [0, 0.05) is 28.7 Å². The van der Waals surface area contributed by atoms with Crippen LogP contribution in [0.25, 0.3) is 0 Å². The number of benzene rings is 1. The molecule has 1 aromatic rings. The molecule has 2 rings (SSSR count). The van der Waals surface area contributed by atoms with E-state index < -0.39 is 0 Å². The van der Waals surface area contributed by atoms with Crippen LogP contribution in [0.3, 0.4) is 0 Å². The predicted molar refractivity (Wildman–Crippen MR) is 92.5 cm³/mol. The van der Waals surface area contributed by atoms with Crippen LogP contribution in [-0.4, -0.2) is 36.6 Å². The lowest BCUT2D eigenvalue weighted by atomic mass is 9.92. The molecule has 0 amide bonds. The molecule has 0 radical (unpaired) electrons. The summed E-state index contributed by atoms with van der Waals surface area (Å²) in [6.07, 6.45) is 4.57. The Bertz CT molecular complexity index is 458. The van der Waals surface area contributed by atoms with Crippen molar-refractivity contribution in [3.8, 4) is 0 Å². The highest BCUT2D eigenvalue weighted by molar-refractivity contribution is 6.35. The van der Waals surface area contributed by atoms with E-state index in [4.69, 9.17) is 23.2 Å². The molecule has 2 nitrogen and oxygen atoms in total. The Labute approximate surface area is 138 Å². The van der Waals surface area contributed by atoms with E-state index in [9.17, 15) is 0 Å². The molecule has 1 aliphatic heterocycles. The number of hydrogen-bond acceptors (Lipinski definition) is 2. The maximum Gasteiger partial charge on any atom is 0.0453 e. The summed E-state index contributed by atoms with van der Waals surface area (Å²) < 4.78 is 0. The standard InChI is InChI=1S/C17H26Cl2N2/c1-3-17(4-2)13-21(10-5-9-20-17)11-8-14-6-7-15(18)12-16(14)19/h6-7,12,20H,3-5,8-11,13H2,1-2H3. The first-order valence-corrected chi connectivity index (χ1v) is 8.75. The van der Waals surface area contributed by atoms with Crippen molar-refractivity contribution in [2.75, 3.05) is 26.2 Å². The van der Waals surface area contributed by atoms with Crippen molar-refractivity contribution in [3.63, 3.8) is 0 Å². The normalized spacial score (nSPS) is 19.4. The molecule has 118 valence electrons. The predicted octanol–water partition coefficient (Wildman–Crippen LogP) is 4.39. The maximum absolute atomic E-state index is 6.27. The lowest BCUT2D eigenvalue weighted by Gasteiger charge is -2.35. The van der Waals surface area contributed by atoms with E-state index in [0.29, 0.717) is 5.02 Å². The summed E-state index contributed by atoms with van der Waals surface area (Å²) >= 11 is 12.2. The van der Waals surface area contributed by atoms with Gasteiger partial charge in [0.1, 0.15) is 0 Å². The van der Waals surface area contributed by atoms with Crippen molar-refractivity contribution in [2.24, 2.45) is 0 Å². The monoisotopic (exact) mass is 328 g/mol. The van der Waals surface area contributed by atoms with Crippen LogP contribution in [-0.2, 0) is 6.42 Å². The summed E-state index contributed by atoms with van der Waals surface area (Å²) in [6.45, 7) is 9.06. The average molecular weight is 329 g/mol. The van der Waals surface area contributed by atoms with Crippen molar-refractivity contribution < 1.29 is 0 Å². The summed E-state index contributed by atoms with van der Waals surface area (Å²) in [7, 11) is 0. The van der Waals surface area contributed by atoms with Crippen LogP contribution in [0.15, 0.2) is 18.2 Å². The fourth-order valence-corrected chi connectivity index (χ4v) is 3.64. The minimum absolute atomic E-state index is 0.278. The SMILES string of the molecule is CCC1(CC)CN(CCc2ccc(Cl)cc2Cl)CCCN1. The maximum atomic E-state index is 6.27. The highest BCUT2D eigenvalue weighted by Gasteiger charge is 2.29. The van der Waals surface area contributed by atoms with Crippen molar-refractivity contribution in [1.82, 2.24) is 10.2 Å². The van der Waals surface area contributed by atoms with Crippen molar-refractivity contribution >= 4 is 23.2 Å². The second kappa shape index (κ2) is 7.82. The Morgan fingerprint density at radius 2 is 2.00 bits per heavy atom. The van der Waals surface area contributed by atoms with E-state index in [-0.39, 0.29) is 5.54 Å². The first-order chi connectivity index (χ1) is 10.1. The minimum atomic E-state index is 0.278. The van der Waals surface area contributed by atoms with Crippen LogP contribution < -0.4 is 5.32 Å². The summed E-state index contributed by atoms with van der Waals surface area (Å²) in [6, 6.07) is 5.81. The summed E-state index contributed by atoms with van der Waals surface area (Å²) in [5.74, 6) is 0. The smallest absolute Gasteiger partial charge is 0.0453 e. The molecule has 0 bridgehead atoms. The molecule has 1 heterocycles. The van der Waals surface area contributed by atoms with Gasteiger partial charge in [-0.25, -0.2) is 0 Å². The molecule has 1 N–H and O–H groups in total. The third-order valence-corrected chi connectivity index (χ3v) is 5.33. The summed E-state index contributed by atoms with van der Waals surface area (Å²) in [5, 5.41) is 5.25.